The molecule has 0 unspecified atom stereocenters. The first-order valence-corrected chi connectivity index (χ1v) is 2.19. The quantitative estimate of drug-likeness (QED) is 0.464. The van der Waals surface area contributed by atoms with Gasteiger partial charge in [0.15, 0.2) is 0 Å². The van der Waals surface area contributed by atoms with Gasteiger partial charge < -0.3 is 0 Å². The van der Waals surface area contributed by atoms with Crippen LogP contribution in [0.3, 0.4) is 0 Å². The third-order valence-electron chi connectivity index (χ3n) is 0.721. The van der Waals surface area contributed by atoms with Crippen molar-refractivity contribution in [2.75, 3.05) is 0 Å². The molecule has 1 aromatic rings. The minimum absolute atomic E-state index is 0.847. The molecule has 0 aliphatic rings. The second-order valence-electron chi connectivity index (χ2n) is 1.18. The van der Waals surface area contributed by atoms with Crippen molar-refractivity contribution in [3.05, 3.63) is 6.33 Å². The summed E-state index contributed by atoms with van der Waals surface area (Å²) >= 11 is 0. The molecule has 1 N–H and O–H groups in total. The van der Waals surface area contributed by atoms with E-state index >= 15 is 0 Å². The molecule has 0 bridgehead atoms. The van der Waals surface area contributed by atoms with Gasteiger partial charge >= 0.3 is 0 Å². The summed E-state index contributed by atoms with van der Waals surface area (Å²) in [6.07, 6.45) is 1.48. The van der Waals surface area contributed by atoms with Gasteiger partial charge in [0.2, 0.25) is 0 Å². The fourth-order valence-corrected chi connectivity index (χ4v) is 0.359. The summed E-state index contributed by atoms with van der Waals surface area (Å²) in [7, 11) is 0. The van der Waals surface area contributed by atoms with Crippen molar-refractivity contribution >= 4 is 0 Å². The summed E-state index contributed by atoms with van der Waals surface area (Å²) in [6.45, 7) is 2.84. The summed E-state index contributed by atoms with van der Waals surface area (Å²) in [6, 6.07) is 0. The van der Waals surface area contributed by atoms with Gasteiger partial charge in [-0.15, -0.1) is 0 Å². The molecule has 0 radical (unpaired) electrons. The number of nitrogens with zero attached hydrogens (tertiary/aromatic N) is 3. The molecule has 0 aliphatic carbocycles. The highest BCUT2D eigenvalue weighted by Gasteiger charge is 1.89. The third kappa shape index (κ3) is 0.734. The highest BCUT2D eigenvalue weighted by Crippen LogP contribution is 1.51. The number of rotatable bonds is 1. The first kappa shape index (κ1) is 4.23. The Kier molecular flexibility index (Phi) is 1.02. The minimum atomic E-state index is 0.847. The van der Waals surface area contributed by atoms with Gasteiger partial charge in [-0.25, -0.2) is 0 Å². The van der Waals surface area contributed by atoms with Crippen molar-refractivity contribution in [1.82, 2.24) is 15.4 Å². The van der Waals surface area contributed by atoms with Crippen molar-refractivity contribution in [1.29, 1.82) is 0 Å². The zero-order valence-corrected chi connectivity index (χ0v) is 4.13. The molecular weight excluding hydrogens is 92.1 g/mol. The van der Waals surface area contributed by atoms with E-state index in [0.717, 1.165) is 6.54 Å². The smallest absolute Gasteiger partial charge is 0.0627 e. The Labute approximate surface area is 41.1 Å². The predicted molar refractivity (Wildman–Crippen MR) is 22.3 cm³/mol. The standard InChI is InChI=1S/C3H6N4/c1-2-7-5-3-4-6-7/h3H,2H2,1H3/p+1. The Bertz CT molecular complexity index is 121. The average Bonchev–Trinajstić information content (AvgIpc) is 2.14. The molecule has 4 nitrogen and oxygen atoms in total. The van der Waals surface area contributed by atoms with Gasteiger partial charge in [-0.3, -0.25) is 0 Å². The topological polar surface area (TPSA) is 45.5 Å². The van der Waals surface area contributed by atoms with Crippen LogP contribution in [0.25, 0.3) is 0 Å². The third-order valence-corrected chi connectivity index (χ3v) is 0.721. The van der Waals surface area contributed by atoms with Crippen LogP contribution in [-0.4, -0.2) is 15.4 Å². The van der Waals surface area contributed by atoms with E-state index in [4.69, 9.17) is 0 Å². The van der Waals surface area contributed by atoms with E-state index in [-0.39, 0.29) is 0 Å². The fourth-order valence-electron chi connectivity index (χ4n) is 0.359. The van der Waals surface area contributed by atoms with E-state index in [1.54, 1.807) is 4.80 Å². The largest absolute Gasteiger partial charge is 0.296 e. The average molecular weight is 99.1 g/mol. The molecule has 0 atom stereocenters. The van der Waals surface area contributed by atoms with Crippen molar-refractivity contribution < 1.29 is 4.80 Å². The molecule has 1 aromatic heterocycles. The Morgan fingerprint density at radius 2 is 2.71 bits per heavy atom. The molecule has 0 spiro atoms. The first-order chi connectivity index (χ1) is 3.43. The maximum absolute atomic E-state index is 3.78. The molecule has 7 heavy (non-hydrogen) atoms. The van der Waals surface area contributed by atoms with Gasteiger partial charge in [0.25, 0.3) is 6.33 Å². The molecule has 0 fully saturated rings. The van der Waals surface area contributed by atoms with Crippen LogP contribution >= 0.6 is 0 Å². The van der Waals surface area contributed by atoms with Crippen molar-refractivity contribution in [2.45, 2.75) is 13.5 Å². The van der Waals surface area contributed by atoms with Crippen LogP contribution in [0.5, 0.6) is 0 Å². The number of hydrogen-bond acceptors (Lipinski definition) is 2. The molecule has 0 amide bonds. The van der Waals surface area contributed by atoms with Crippen molar-refractivity contribution in [3.8, 4) is 0 Å². The number of aromatic nitrogens is 4. The second kappa shape index (κ2) is 1.68. The molecule has 0 aliphatic heterocycles. The number of aromatic amines is 1. The summed E-state index contributed by atoms with van der Waals surface area (Å²) in [4.78, 5) is 1.64. The molecule has 1 rings (SSSR count). The number of tetrazole rings is 1. The van der Waals surface area contributed by atoms with E-state index < -0.39 is 0 Å². The maximum atomic E-state index is 3.78. The van der Waals surface area contributed by atoms with Crippen LogP contribution < -0.4 is 4.80 Å². The summed E-state index contributed by atoms with van der Waals surface area (Å²) < 4.78 is 0. The lowest BCUT2D eigenvalue weighted by molar-refractivity contribution is -0.802. The summed E-state index contributed by atoms with van der Waals surface area (Å²) in [5.41, 5.74) is 0. The molecular formula is C3H7N4+. The number of hydrogen-bond donors (Lipinski definition) is 1. The molecule has 0 saturated heterocycles. The molecule has 0 saturated carbocycles. The zero-order valence-electron chi connectivity index (χ0n) is 4.13. The Balaban J connectivity index is 2.76. The second-order valence-corrected chi connectivity index (χ2v) is 1.18. The van der Waals surface area contributed by atoms with Crippen LogP contribution in [0.4, 0.5) is 0 Å². The van der Waals surface area contributed by atoms with Crippen LogP contribution in [0.2, 0.25) is 0 Å². The van der Waals surface area contributed by atoms with Gasteiger partial charge in [-0.05, 0) is 17.2 Å². The van der Waals surface area contributed by atoms with Crippen molar-refractivity contribution in [3.63, 3.8) is 0 Å². The minimum Gasteiger partial charge on any atom is -0.0627 e. The van der Waals surface area contributed by atoms with Gasteiger partial charge in [0.1, 0.15) is 6.54 Å². The van der Waals surface area contributed by atoms with E-state index in [1.807, 2.05) is 6.92 Å². The van der Waals surface area contributed by atoms with Crippen molar-refractivity contribution in [2.24, 2.45) is 0 Å². The van der Waals surface area contributed by atoms with Crippen LogP contribution in [-0.2, 0) is 6.54 Å². The predicted octanol–water partition coefficient (Wildman–Crippen LogP) is -0.888. The molecule has 1 heterocycles. The molecule has 38 valence electrons. The summed E-state index contributed by atoms with van der Waals surface area (Å²) in [5, 5.41) is 10.0. The number of aryl methyl sites for hydroxylation is 1. The van der Waals surface area contributed by atoms with Crippen LogP contribution in [0.1, 0.15) is 6.92 Å². The molecule has 4 heteroatoms. The SMILES string of the molecule is CC[n+]1ncn[nH]1. The van der Waals surface area contributed by atoms with Crippen LogP contribution in [0, 0.1) is 0 Å². The Hall–Kier alpha value is -0.930. The van der Waals surface area contributed by atoms with E-state index in [0.29, 0.717) is 0 Å². The van der Waals surface area contributed by atoms with Gasteiger partial charge in [-0.1, -0.05) is 4.80 Å². The maximum Gasteiger partial charge on any atom is 0.296 e. The summed E-state index contributed by atoms with van der Waals surface area (Å²) in [5.74, 6) is 0. The van der Waals surface area contributed by atoms with E-state index in [2.05, 4.69) is 15.4 Å². The Morgan fingerprint density at radius 3 is 3.00 bits per heavy atom. The zero-order chi connectivity index (χ0) is 5.11. The van der Waals surface area contributed by atoms with Gasteiger partial charge in [-0.2, -0.15) is 0 Å². The van der Waals surface area contributed by atoms with Crippen LogP contribution in [0.15, 0.2) is 6.33 Å². The lowest BCUT2D eigenvalue weighted by Gasteiger charge is -1.74. The highest BCUT2D eigenvalue weighted by atomic mass is 15.6. The molecule has 0 aromatic carbocycles. The fraction of sp³-hybridized carbons (Fsp3) is 0.667. The number of nitrogens with one attached hydrogen (secondary N) is 1. The van der Waals surface area contributed by atoms with E-state index in [9.17, 15) is 0 Å². The lowest BCUT2D eigenvalue weighted by atomic mass is 10.8. The monoisotopic (exact) mass is 99.1 g/mol. The van der Waals surface area contributed by atoms with E-state index in [1.165, 1.54) is 6.33 Å². The normalized spacial score (nSPS) is 9.29. The van der Waals surface area contributed by atoms with Gasteiger partial charge in [0.05, 0.1) is 5.10 Å². The lowest BCUT2D eigenvalue weighted by Crippen LogP contribution is -2.37. The first-order valence-electron chi connectivity index (χ1n) is 2.19. The highest BCUT2D eigenvalue weighted by molar-refractivity contribution is 4.19. The Morgan fingerprint density at radius 1 is 1.86 bits per heavy atom. The number of H-pyrrole nitrogens is 1. The van der Waals surface area contributed by atoms with Gasteiger partial charge in [0, 0.05) is 0 Å².